The topological polar surface area (TPSA) is 61.7 Å². The third-order valence-corrected chi connectivity index (χ3v) is 3.09. The van der Waals surface area contributed by atoms with Crippen LogP contribution in [0, 0.1) is 11.3 Å². The normalized spacial score (nSPS) is 10.4. The summed E-state index contributed by atoms with van der Waals surface area (Å²) in [4.78, 5) is 7.52. The number of H-pyrrole nitrogens is 1. The lowest BCUT2D eigenvalue weighted by Gasteiger charge is -2.03. The van der Waals surface area contributed by atoms with Gasteiger partial charge in [0.15, 0.2) is 0 Å². The van der Waals surface area contributed by atoms with Crippen LogP contribution in [-0.4, -0.2) is 9.97 Å². The summed E-state index contributed by atoms with van der Waals surface area (Å²) >= 11 is 5.89. The number of aromatic amines is 1. The summed E-state index contributed by atoms with van der Waals surface area (Å²) in [6.07, 6.45) is 0. The molecule has 5 heteroatoms. The van der Waals surface area contributed by atoms with Crippen LogP contribution in [0.5, 0.6) is 5.75 Å². The zero-order valence-electron chi connectivity index (χ0n) is 10.4. The van der Waals surface area contributed by atoms with Crippen molar-refractivity contribution in [2.45, 2.75) is 6.61 Å². The van der Waals surface area contributed by atoms with E-state index in [-0.39, 0.29) is 0 Å². The monoisotopic (exact) mass is 283 g/mol. The number of benzene rings is 2. The van der Waals surface area contributed by atoms with Crippen molar-refractivity contribution < 1.29 is 4.74 Å². The first kappa shape index (κ1) is 12.5. The maximum absolute atomic E-state index is 9.03. The Bertz CT molecular complexity index is 804. The fraction of sp³-hybridized carbons (Fsp3) is 0.0667. The van der Waals surface area contributed by atoms with Crippen LogP contribution in [-0.2, 0) is 6.61 Å². The molecule has 1 aromatic heterocycles. The predicted molar refractivity (Wildman–Crippen MR) is 76.6 cm³/mol. The molecule has 0 aliphatic rings. The third kappa shape index (κ3) is 2.44. The molecule has 0 amide bonds. The second-order valence-electron chi connectivity index (χ2n) is 4.24. The Hall–Kier alpha value is -2.51. The van der Waals surface area contributed by atoms with Gasteiger partial charge in [-0.3, -0.25) is 0 Å². The van der Waals surface area contributed by atoms with Gasteiger partial charge in [0.25, 0.3) is 0 Å². The molecule has 2 aromatic carbocycles. The molecule has 0 atom stereocenters. The first-order chi connectivity index (χ1) is 9.76. The largest absolute Gasteiger partial charge is 0.486 e. The molecule has 1 N–H and O–H groups in total. The molecule has 0 fully saturated rings. The standard InChI is InChI=1S/C15H10ClN3O/c16-11-4-2-5-12(7-11)20-9-14-18-13-6-1-3-10(8-17)15(13)19-14/h1-7H,9H2,(H,18,19). The van der Waals surface area contributed by atoms with Gasteiger partial charge in [-0.25, -0.2) is 4.98 Å². The molecule has 4 nitrogen and oxygen atoms in total. The minimum Gasteiger partial charge on any atom is -0.486 e. The van der Waals surface area contributed by atoms with E-state index in [1.165, 1.54) is 0 Å². The number of halogens is 1. The second kappa shape index (κ2) is 5.24. The molecule has 3 aromatic rings. The highest BCUT2D eigenvalue weighted by Gasteiger charge is 2.07. The van der Waals surface area contributed by atoms with E-state index in [1.807, 2.05) is 24.3 Å². The Balaban J connectivity index is 1.83. The molecular weight excluding hydrogens is 274 g/mol. The minimum atomic E-state index is 0.292. The quantitative estimate of drug-likeness (QED) is 0.798. The number of ether oxygens (including phenoxy) is 1. The molecule has 0 radical (unpaired) electrons. The van der Waals surface area contributed by atoms with E-state index >= 15 is 0 Å². The molecule has 98 valence electrons. The van der Waals surface area contributed by atoms with Gasteiger partial charge in [0, 0.05) is 5.02 Å². The highest BCUT2D eigenvalue weighted by Crippen LogP contribution is 2.19. The summed E-state index contributed by atoms with van der Waals surface area (Å²) < 4.78 is 5.61. The number of nitrogens with one attached hydrogen (secondary N) is 1. The van der Waals surface area contributed by atoms with Gasteiger partial charge in [0.2, 0.25) is 0 Å². The maximum Gasteiger partial charge on any atom is 0.146 e. The zero-order valence-corrected chi connectivity index (χ0v) is 11.2. The first-order valence-electron chi connectivity index (χ1n) is 6.02. The van der Waals surface area contributed by atoms with Gasteiger partial charge in [-0.1, -0.05) is 23.7 Å². The predicted octanol–water partition coefficient (Wildman–Crippen LogP) is 3.67. The average Bonchev–Trinajstić information content (AvgIpc) is 2.88. The smallest absolute Gasteiger partial charge is 0.146 e. The lowest BCUT2D eigenvalue weighted by Crippen LogP contribution is -1.97. The zero-order chi connectivity index (χ0) is 13.9. The van der Waals surface area contributed by atoms with Crippen LogP contribution < -0.4 is 4.74 Å². The van der Waals surface area contributed by atoms with Crippen LogP contribution in [0.2, 0.25) is 5.02 Å². The Morgan fingerprint density at radius 3 is 2.90 bits per heavy atom. The highest BCUT2D eigenvalue weighted by molar-refractivity contribution is 6.30. The lowest BCUT2D eigenvalue weighted by molar-refractivity contribution is 0.297. The van der Waals surface area contributed by atoms with Crippen LogP contribution in [0.3, 0.4) is 0 Å². The van der Waals surface area contributed by atoms with Crippen LogP contribution in [0.15, 0.2) is 42.5 Å². The van der Waals surface area contributed by atoms with Crippen LogP contribution in [0.4, 0.5) is 0 Å². The minimum absolute atomic E-state index is 0.292. The number of para-hydroxylation sites is 1. The van der Waals surface area contributed by atoms with Crippen molar-refractivity contribution in [1.29, 1.82) is 5.26 Å². The molecule has 0 aliphatic carbocycles. The van der Waals surface area contributed by atoms with Crippen molar-refractivity contribution >= 4 is 22.6 Å². The van der Waals surface area contributed by atoms with Crippen molar-refractivity contribution in [3.63, 3.8) is 0 Å². The number of imidazole rings is 1. The van der Waals surface area contributed by atoms with E-state index in [0.29, 0.717) is 34.3 Å². The molecule has 3 rings (SSSR count). The van der Waals surface area contributed by atoms with Crippen LogP contribution in [0.1, 0.15) is 11.4 Å². The van der Waals surface area contributed by atoms with E-state index in [9.17, 15) is 0 Å². The van der Waals surface area contributed by atoms with Gasteiger partial charge in [-0.15, -0.1) is 0 Å². The average molecular weight is 284 g/mol. The van der Waals surface area contributed by atoms with E-state index < -0.39 is 0 Å². The van der Waals surface area contributed by atoms with Crippen molar-refractivity contribution in [2.24, 2.45) is 0 Å². The fourth-order valence-corrected chi connectivity index (χ4v) is 2.13. The fourth-order valence-electron chi connectivity index (χ4n) is 1.95. The number of hydrogen-bond acceptors (Lipinski definition) is 3. The van der Waals surface area contributed by atoms with Gasteiger partial charge in [-0.05, 0) is 30.3 Å². The van der Waals surface area contributed by atoms with E-state index in [1.54, 1.807) is 18.2 Å². The molecule has 20 heavy (non-hydrogen) atoms. The number of fused-ring (bicyclic) bond motifs is 1. The van der Waals surface area contributed by atoms with Crippen LogP contribution >= 0.6 is 11.6 Å². The Morgan fingerprint density at radius 1 is 1.25 bits per heavy atom. The Kier molecular flexibility index (Phi) is 3.28. The molecule has 1 heterocycles. The number of nitriles is 1. The van der Waals surface area contributed by atoms with E-state index in [0.717, 1.165) is 5.52 Å². The summed E-state index contributed by atoms with van der Waals surface area (Å²) in [5.74, 6) is 1.35. The second-order valence-corrected chi connectivity index (χ2v) is 4.68. The Morgan fingerprint density at radius 2 is 2.10 bits per heavy atom. The van der Waals surface area contributed by atoms with Crippen molar-refractivity contribution in [1.82, 2.24) is 9.97 Å². The molecule has 0 aliphatic heterocycles. The SMILES string of the molecule is N#Cc1cccc2[nH]c(COc3cccc(Cl)c3)nc12. The third-order valence-electron chi connectivity index (χ3n) is 2.85. The molecule has 0 saturated carbocycles. The first-order valence-corrected chi connectivity index (χ1v) is 6.40. The molecule has 0 bridgehead atoms. The number of nitrogens with zero attached hydrogens (tertiary/aromatic N) is 2. The number of rotatable bonds is 3. The maximum atomic E-state index is 9.03. The summed E-state index contributed by atoms with van der Waals surface area (Å²) in [6.45, 7) is 0.292. The summed E-state index contributed by atoms with van der Waals surface area (Å²) in [6, 6.07) is 14.7. The number of hydrogen-bond donors (Lipinski definition) is 1. The molecule has 0 spiro atoms. The lowest BCUT2D eigenvalue weighted by atomic mass is 10.2. The van der Waals surface area contributed by atoms with Gasteiger partial charge in [0.1, 0.15) is 29.8 Å². The molecular formula is C15H10ClN3O. The van der Waals surface area contributed by atoms with Gasteiger partial charge in [0.05, 0.1) is 11.1 Å². The summed E-state index contributed by atoms with van der Waals surface area (Å²) in [7, 11) is 0. The van der Waals surface area contributed by atoms with Gasteiger partial charge >= 0.3 is 0 Å². The van der Waals surface area contributed by atoms with Crippen molar-refractivity contribution in [3.05, 3.63) is 58.9 Å². The van der Waals surface area contributed by atoms with Gasteiger partial charge < -0.3 is 9.72 Å². The molecule has 0 saturated heterocycles. The highest BCUT2D eigenvalue weighted by atomic mass is 35.5. The Labute approximate surface area is 120 Å². The number of aromatic nitrogens is 2. The molecule has 0 unspecified atom stereocenters. The van der Waals surface area contributed by atoms with Gasteiger partial charge in [-0.2, -0.15) is 5.26 Å². The summed E-state index contributed by atoms with van der Waals surface area (Å²) in [5.41, 5.74) is 2.04. The van der Waals surface area contributed by atoms with Crippen molar-refractivity contribution in [2.75, 3.05) is 0 Å². The van der Waals surface area contributed by atoms with Crippen molar-refractivity contribution in [3.8, 4) is 11.8 Å². The van der Waals surface area contributed by atoms with E-state index in [2.05, 4.69) is 16.0 Å². The summed E-state index contributed by atoms with van der Waals surface area (Å²) in [5, 5.41) is 9.66. The van der Waals surface area contributed by atoms with Crippen LogP contribution in [0.25, 0.3) is 11.0 Å². The van der Waals surface area contributed by atoms with E-state index in [4.69, 9.17) is 21.6 Å².